The summed E-state index contributed by atoms with van der Waals surface area (Å²) in [7, 11) is 0. The molecule has 0 radical (unpaired) electrons. The van der Waals surface area contributed by atoms with Crippen molar-refractivity contribution >= 4 is 22.1 Å². The summed E-state index contributed by atoms with van der Waals surface area (Å²) >= 11 is 0. The van der Waals surface area contributed by atoms with Gasteiger partial charge in [-0.25, -0.2) is 9.97 Å². The molecule has 0 saturated heterocycles. The van der Waals surface area contributed by atoms with E-state index in [0.29, 0.717) is 29.4 Å². The molecule has 0 bridgehead atoms. The second-order valence-corrected chi connectivity index (χ2v) is 8.50. The number of ether oxygens (including phenoxy) is 1. The number of aromatic nitrogens is 7. The molecule has 6 heterocycles. The number of furan rings is 1. The summed E-state index contributed by atoms with van der Waals surface area (Å²) in [5.74, 6) is 1.27. The van der Waals surface area contributed by atoms with E-state index in [2.05, 4.69) is 25.1 Å². The summed E-state index contributed by atoms with van der Waals surface area (Å²) in [5, 5.41) is 7.57. The Morgan fingerprint density at radius 1 is 0.838 bits per heavy atom. The van der Waals surface area contributed by atoms with Gasteiger partial charge in [0, 0.05) is 23.5 Å². The first kappa shape index (κ1) is 21.0. The molecular formula is C28H19N7O2. The lowest BCUT2D eigenvalue weighted by Gasteiger charge is -2.08. The lowest BCUT2D eigenvalue weighted by Crippen LogP contribution is -1.96. The van der Waals surface area contributed by atoms with E-state index in [9.17, 15) is 0 Å². The lowest BCUT2D eigenvalue weighted by molar-refractivity contribution is 0.305. The third-order valence-corrected chi connectivity index (χ3v) is 6.08. The Morgan fingerprint density at radius 3 is 2.65 bits per heavy atom. The fourth-order valence-electron chi connectivity index (χ4n) is 4.26. The first-order valence-electron chi connectivity index (χ1n) is 11.7. The second-order valence-electron chi connectivity index (χ2n) is 8.50. The van der Waals surface area contributed by atoms with E-state index >= 15 is 0 Å². The molecule has 0 aliphatic carbocycles. The van der Waals surface area contributed by atoms with Crippen molar-refractivity contribution in [3.05, 3.63) is 97.3 Å². The molecular weight excluding hydrogens is 466 g/mol. The molecule has 178 valence electrons. The highest BCUT2D eigenvalue weighted by molar-refractivity contribution is 5.94. The van der Waals surface area contributed by atoms with Crippen molar-refractivity contribution in [2.24, 2.45) is 0 Å². The number of benzene rings is 1. The van der Waals surface area contributed by atoms with Crippen molar-refractivity contribution in [2.75, 3.05) is 0 Å². The summed E-state index contributed by atoms with van der Waals surface area (Å²) in [6, 6.07) is 19.6. The van der Waals surface area contributed by atoms with Crippen LogP contribution < -0.4 is 4.74 Å². The zero-order chi connectivity index (χ0) is 24.6. The van der Waals surface area contributed by atoms with Gasteiger partial charge < -0.3 is 14.1 Å². The van der Waals surface area contributed by atoms with Crippen molar-refractivity contribution in [1.82, 2.24) is 35.1 Å². The average Bonchev–Trinajstić information content (AvgIpc) is 3.71. The van der Waals surface area contributed by atoms with E-state index in [1.807, 2.05) is 60.7 Å². The zero-order valence-corrected chi connectivity index (χ0v) is 19.4. The average molecular weight is 486 g/mol. The first-order valence-corrected chi connectivity index (χ1v) is 11.7. The van der Waals surface area contributed by atoms with Gasteiger partial charge in [0.1, 0.15) is 29.1 Å². The summed E-state index contributed by atoms with van der Waals surface area (Å²) in [6.45, 7) is 0.464. The normalized spacial score (nSPS) is 11.4. The SMILES string of the molecule is c1ccc(COc2cncc(-c3ccc4[nH]nc(-c5nc6c(-c7ccoc7)nccc6[nH]5)c4n3)c2)cc1. The van der Waals surface area contributed by atoms with Gasteiger partial charge in [-0.1, -0.05) is 30.3 Å². The molecule has 9 nitrogen and oxygen atoms in total. The van der Waals surface area contributed by atoms with Gasteiger partial charge in [-0.15, -0.1) is 0 Å². The molecule has 0 fully saturated rings. The number of aromatic amines is 2. The van der Waals surface area contributed by atoms with Crippen LogP contribution in [0.25, 0.3) is 56.1 Å². The van der Waals surface area contributed by atoms with Gasteiger partial charge in [0.2, 0.25) is 0 Å². The Morgan fingerprint density at radius 2 is 1.76 bits per heavy atom. The molecule has 0 aliphatic heterocycles. The van der Waals surface area contributed by atoms with E-state index < -0.39 is 0 Å². The molecule has 37 heavy (non-hydrogen) atoms. The molecule has 0 saturated carbocycles. The minimum Gasteiger partial charge on any atom is -0.487 e. The number of H-pyrrole nitrogens is 2. The second kappa shape index (κ2) is 8.72. The number of fused-ring (bicyclic) bond motifs is 2. The van der Waals surface area contributed by atoms with Crippen molar-refractivity contribution in [3.63, 3.8) is 0 Å². The fourth-order valence-corrected chi connectivity index (χ4v) is 4.26. The Kier molecular flexibility index (Phi) is 4.95. The Balaban J connectivity index is 1.24. The van der Waals surface area contributed by atoms with Crippen molar-refractivity contribution in [2.45, 2.75) is 6.61 Å². The molecule has 2 N–H and O–H groups in total. The minimum absolute atomic E-state index is 0.464. The van der Waals surface area contributed by atoms with Gasteiger partial charge >= 0.3 is 0 Å². The topological polar surface area (TPSA) is 118 Å². The Bertz CT molecular complexity index is 1840. The molecule has 9 heteroatoms. The number of nitrogens with zero attached hydrogens (tertiary/aromatic N) is 5. The smallest absolute Gasteiger partial charge is 0.161 e. The summed E-state index contributed by atoms with van der Waals surface area (Å²) in [5.41, 5.74) is 7.99. The maximum Gasteiger partial charge on any atom is 0.161 e. The summed E-state index contributed by atoms with van der Waals surface area (Å²) < 4.78 is 11.2. The molecule has 0 spiro atoms. The number of imidazole rings is 1. The summed E-state index contributed by atoms with van der Waals surface area (Å²) in [6.07, 6.45) is 8.49. The van der Waals surface area contributed by atoms with Gasteiger partial charge in [-0.05, 0) is 35.9 Å². The van der Waals surface area contributed by atoms with E-state index in [4.69, 9.17) is 19.1 Å². The first-order chi connectivity index (χ1) is 18.3. The van der Waals surface area contributed by atoms with Crippen LogP contribution in [-0.4, -0.2) is 35.1 Å². The van der Waals surface area contributed by atoms with Crippen LogP contribution in [0, 0.1) is 0 Å². The molecule has 6 aromatic heterocycles. The molecule has 0 aliphatic rings. The molecule has 1 aromatic carbocycles. The summed E-state index contributed by atoms with van der Waals surface area (Å²) in [4.78, 5) is 21.9. The van der Waals surface area contributed by atoms with E-state index in [-0.39, 0.29) is 0 Å². The van der Waals surface area contributed by atoms with Crippen LogP contribution in [0.1, 0.15) is 5.56 Å². The Hall–Kier alpha value is -5.31. The van der Waals surface area contributed by atoms with Crippen LogP contribution >= 0.6 is 0 Å². The van der Waals surface area contributed by atoms with Crippen molar-refractivity contribution in [3.8, 4) is 39.8 Å². The standard InChI is InChI=1S/C28H19N7O2/c1-2-4-17(5-3-1)15-37-20-12-19(13-29-14-20)21-6-7-23-26(31-21)27(35-34-23)28-32-22-8-10-30-24(25(22)33-28)18-9-11-36-16-18/h1-14,16H,15H2,(H,32,33)(H,34,35). The van der Waals surface area contributed by atoms with Crippen LogP contribution in [0.2, 0.25) is 0 Å². The van der Waals surface area contributed by atoms with Gasteiger partial charge in [0.15, 0.2) is 11.5 Å². The van der Waals surface area contributed by atoms with E-state index in [1.54, 1.807) is 31.1 Å². The molecule has 7 rings (SSSR count). The monoisotopic (exact) mass is 485 g/mol. The van der Waals surface area contributed by atoms with Gasteiger partial charge in [-0.3, -0.25) is 15.1 Å². The predicted octanol–water partition coefficient (Wildman–Crippen LogP) is 5.80. The van der Waals surface area contributed by atoms with Crippen LogP contribution in [0.5, 0.6) is 5.75 Å². The van der Waals surface area contributed by atoms with Crippen LogP contribution in [0.3, 0.4) is 0 Å². The molecule has 0 amide bonds. The largest absolute Gasteiger partial charge is 0.487 e. The molecule has 7 aromatic rings. The number of hydrogen-bond donors (Lipinski definition) is 2. The number of rotatable bonds is 6. The van der Waals surface area contributed by atoms with E-state index in [1.165, 1.54) is 0 Å². The van der Waals surface area contributed by atoms with Crippen molar-refractivity contribution < 1.29 is 9.15 Å². The number of pyridine rings is 3. The predicted molar refractivity (Wildman–Crippen MR) is 138 cm³/mol. The number of nitrogens with one attached hydrogen (secondary N) is 2. The highest BCUT2D eigenvalue weighted by atomic mass is 16.5. The highest BCUT2D eigenvalue weighted by Gasteiger charge is 2.18. The zero-order valence-electron chi connectivity index (χ0n) is 19.4. The fraction of sp³-hybridized carbons (Fsp3) is 0.0357. The van der Waals surface area contributed by atoms with Gasteiger partial charge in [0.25, 0.3) is 0 Å². The maximum absolute atomic E-state index is 5.96. The highest BCUT2D eigenvalue weighted by Crippen LogP contribution is 2.31. The third kappa shape index (κ3) is 3.88. The number of hydrogen-bond acceptors (Lipinski definition) is 7. The molecule has 0 atom stereocenters. The van der Waals surface area contributed by atoms with Gasteiger partial charge in [-0.2, -0.15) is 5.10 Å². The maximum atomic E-state index is 5.96. The Labute approximate surface area is 210 Å². The van der Waals surface area contributed by atoms with Crippen LogP contribution in [0.15, 0.2) is 96.2 Å². The van der Waals surface area contributed by atoms with Gasteiger partial charge in [0.05, 0.1) is 35.5 Å². The van der Waals surface area contributed by atoms with E-state index in [0.717, 1.165) is 44.6 Å². The third-order valence-electron chi connectivity index (χ3n) is 6.08. The quantitative estimate of drug-likeness (QED) is 0.306. The van der Waals surface area contributed by atoms with Crippen LogP contribution in [0.4, 0.5) is 0 Å². The minimum atomic E-state index is 0.464. The van der Waals surface area contributed by atoms with Crippen molar-refractivity contribution in [1.29, 1.82) is 0 Å². The lowest BCUT2D eigenvalue weighted by atomic mass is 10.1. The van der Waals surface area contributed by atoms with Crippen LogP contribution in [-0.2, 0) is 6.61 Å². The molecule has 0 unspecified atom stereocenters.